The van der Waals surface area contributed by atoms with Crippen LogP contribution in [0.2, 0.25) is 0 Å². The van der Waals surface area contributed by atoms with Crippen LogP contribution in [0.15, 0.2) is 29.0 Å². The first-order chi connectivity index (χ1) is 8.15. The number of hydrogen-bond acceptors (Lipinski definition) is 6. The van der Waals surface area contributed by atoms with Crippen molar-refractivity contribution in [1.29, 1.82) is 0 Å². The van der Waals surface area contributed by atoms with E-state index in [1.54, 1.807) is 11.3 Å². The van der Waals surface area contributed by atoms with E-state index in [1.807, 2.05) is 16.8 Å². The minimum Gasteiger partial charge on any atom is -0.383 e. The Labute approximate surface area is 101 Å². The number of rotatable bonds is 4. The number of aromatic nitrogens is 1. The van der Waals surface area contributed by atoms with Gasteiger partial charge in [0.1, 0.15) is 11.6 Å². The highest BCUT2D eigenvalue weighted by atomic mass is 32.1. The van der Waals surface area contributed by atoms with Gasteiger partial charge in [-0.25, -0.2) is 4.98 Å². The van der Waals surface area contributed by atoms with E-state index >= 15 is 0 Å². The summed E-state index contributed by atoms with van der Waals surface area (Å²) < 4.78 is 0. The topological polar surface area (TPSA) is 94.1 Å². The molecule has 0 amide bonds. The largest absolute Gasteiger partial charge is 0.383 e. The molecule has 7 heteroatoms. The van der Waals surface area contributed by atoms with Gasteiger partial charge in [0.05, 0.1) is 17.1 Å². The van der Waals surface area contributed by atoms with Crippen molar-refractivity contribution >= 4 is 28.7 Å². The third-order valence-corrected chi connectivity index (χ3v) is 2.83. The lowest BCUT2D eigenvalue weighted by Gasteiger charge is -2.04. The molecule has 0 saturated heterocycles. The molecule has 0 aromatic carbocycles. The lowest BCUT2D eigenvalue weighted by molar-refractivity contribution is -0.384. The second kappa shape index (κ2) is 4.79. The summed E-state index contributed by atoms with van der Waals surface area (Å²) in [5, 5.41) is 17.6. The third-order valence-electron chi connectivity index (χ3n) is 2.09. The zero-order chi connectivity index (χ0) is 12.3. The van der Waals surface area contributed by atoms with Gasteiger partial charge in [0.25, 0.3) is 5.69 Å². The standard InChI is InChI=1S/C10H10N4O2S/c11-9-3-8(14(15)16)4-10(13-9)12-5-7-1-2-17-6-7/h1-4,6H,5H2,(H3,11,12,13). The summed E-state index contributed by atoms with van der Waals surface area (Å²) in [5.41, 5.74) is 6.53. The van der Waals surface area contributed by atoms with Gasteiger partial charge in [0.2, 0.25) is 0 Å². The van der Waals surface area contributed by atoms with Crippen molar-refractivity contribution in [3.05, 3.63) is 44.6 Å². The predicted molar refractivity (Wildman–Crippen MR) is 66.9 cm³/mol. The Kier molecular flexibility index (Phi) is 3.20. The third kappa shape index (κ3) is 2.91. The van der Waals surface area contributed by atoms with E-state index < -0.39 is 4.92 Å². The molecular formula is C10H10N4O2S. The second-order valence-electron chi connectivity index (χ2n) is 3.38. The van der Waals surface area contributed by atoms with E-state index in [1.165, 1.54) is 12.1 Å². The SMILES string of the molecule is Nc1cc([N+](=O)[O-])cc(NCc2ccsc2)n1. The van der Waals surface area contributed by atoms with E-state index in [4.69, 9.17) is 5.73 Å². The number of nitro groups is 1. The van der Waals surface area contributed by atoms with Crippen molar-refractivity contribution in [2.24, 2.45) is 0 Å². The number of thiophene rings is 1. The minimum atomic E-state index is -0.492. The summed E-state index contributed by atoms with van der Waals surface area (Å²) in [7, 11) is 0. The van der Waals surface area contributed by atoms with Crippen LogP contribution < -0.4 is 11.1 Å². The van der Waals surface area contributed by atoms with E-state index in [-0.39, 0.29) is 11.5 Å². The molecule has 17 heavy (non-hydrogen) atoms. The highest BCUT2D eigenvalue weighted by molar-refractivity contribution is 7.07. The lowest BCUT2D eigenvalue weighted by Crippen LogP contribution is -2.03. The average molecular weight is 250 g/mol. The van der Waals surface area contributed by atoms with Crippen molar-refractivity contribution in [3.63, 3.8) is 0 Å². The van der Waals surface area contributed by atoms with Crippen molar-refractivity contribution in [2.75, 3.05) is 11.1 Å². The molecule has 0 atom stereocenters. The van der Waals surface area contributed by atoms with Crippen LogP contribution in [0.25, 0.3) is 0 Å². The van der Waals surface area contributed by atoms with Crippen LogP contribution in [-0.4, -0.2) is 9.91 Å². The van der Waals surface area contributed by atoms with Crippen LogP contribution in [0.5, 0.6) is 0 Å². The molecule has 6 nitrogen and oxygen atoms in total. The normalized spacial score (nSPS) is 10.1. The maximum atomic E-state index is 10.6. The maximum absolute atomic E-state index is 10.6. The molecule has 0 saturated carbocycles. The van der Waals surface area contributed by atoms with Crippen LogP contribution in [0.3, 0.4) is 0 Å². The summed E-state index contributed by atoms with van der Waals surface area (Å²) in [5.74, 6) is 0.537. The molecule has 0 fully saturated rings. The van der Waals surface area contributed by atoms with Crippen LogP contribution in [0.1, 0.15) is 5.56 Å². The highest BCUT2D eigenvalue weighted by Crippen LogP contribution is 2.19. The highest BCUT2D eigenvalue weighted by Gasteiger charge is 2.09. The minimum absolute atomic E-state index is 0.0645. The van der Waals surface area contributed by atoms with Gasteiger partial charge in [-0.3, -0.25) is 10.1 Å². The Balaban J connectivity index is 2.13. The Morgan fingerprint density at radius 3 is 3.00 bits per heavy atom. The summed E-state index contributed by atoms with van der Waals surface area (Å²) in [6.07, 6.45) is 0. The molecule has 0 spiro atoms. The van der Waals surface area contributed by atoms with Crippen LogP contribution >= 0.6 is 11.3 Å². The fourth-order valence-electron chi connectivity index (χ4n) is 1.32. The summed E-state index contributed by atoms with van der Waals surface area (Å²) in [4.78, 5) is 14.1. The van der Waals surface area contributed by atoms with Gasteiger partial charge in [-0.05, 0) is 22.4 Å². The lowest BCUT2D eigenvalue weighted by atomic mass is 10.3. The first-order valence-corrected chi connectivity index (χ1v) is 5.76. The van der Waals surface area contributed by atoms with Gasteiger partial charge in [0.15, 0.2) is 0 Å². The van der Waals surface area contributed by atoms with E-state index in [9.17, 15) is 10.1 Å². The molecule has 0 unspecified atom stereocenters. The first-order valence-electron chi connectivity index (χ1n) is 4.82. The van der Waals surface area contributed by atoms with Gasteiger partial charge in [0, 0.05) is 6.54 Å². The van der Waals surface area contributed by atoms with E-state index in [2.05, 4.69) is 10.3 Å². The first kappa shape index (κ1) is 11.3. The predicted octanol–water partition coefficient (Wildman–Crippen LogP) is 2.25. The number of nitrogens with zero attached hydrogens (tertiary/aromatic N) is 2. The van der Waals surface area contributed by atoms with Crippen LogP contribution in [0.4, 0.5) is 17.3 Å². The summed E-state index contributed by atoms with van der Waals surface area (Å²) in [6.45, 7) is 0.567. The monoisotopic (exact) mass is 250 g/mol. The Hall–Kier alpha value is -2.15. The molecule has 2 heterocycles. The van der Waals surface area contributed by atoms with Crippen molar-refractivity contribution in [1.82, 2.24) is 4.98 Å². The molecule has 2 aromatic heterocycles. The van der Waals surface area contributed by atoms with E-state index in [0.29, 0.717) is 12.4 Å². The zero-order valence-corrected chi connectivity index (χ0v) is 9.61. The van der Waals surface area contributed by atoms with Gasteiger partial charge in [-0.2, -0.15) is 11.3 Å². The fourth-order valence-corrected chi connectivity index (χ4v) is 1.99. The fraction of sp³-hybridized carbons (Fsp3) is 0.100. The van der Waals surface area contributed by atoms with Crippen molar-refractivity contribution in [3.8, 4) is 0 Å². The van der Waals surface area contributed by atoms with Crippen LogP contribution in [0, 0.1) is 10.1 Å². The average Bonchev–Trinajstić information content (AvgIpc) is 2.78. The Bertz CT molecular complexity index is 527. The van der Waals surface area contributed by atoms with Crippen molar-refractivity contribution < 1.29 is 4.92 Å². The molecule has 0 aliphatic rings. The number of pyridine rings is 1. The smallest absolute Gasteiger partial charge is 0.276 e. The number of nitrogen functional groups attached to an aromatic ring is 1. The molecular weight excluding hydrogens is 240 g/mol. The molecule has 88 valence electrons. The molecule has 0 aliphatic heterocycles. The molecule has 3 N–H and O–H groups in total. The second-order valence-corrected chi connectivity index (χ2v) is 4.16. The molecule has 2 rings (SSSR count). The number of nitrogens with two attached hydrogens (primary N) is 1. The zero-order valence-electron chi connectivity index (χ0n) is 8.79. The summed E-state index contributed by atoms with van der Waals surface area (Å²) >= 11 is 1.59. The Morgan fingerprint density at radius 1 is 1.53 bits per heavy atom. The van der Waals surface area contributed by atoms with Gasteiger partial charge >= 0.3 is 0 Å². The van der Waals surface area contributed by atoms with Gasteiger partial charge in [-0.1, -0.05) is 0 Å². The van der Waals surface area contributed by atoms with Gasteiger partial charge < -0.3 is 11.1 Å². The van der Waals surface area contributed by atoms with Crippen LogP contribution in [-0.2, 0) is 6.54 Å². The summed E-state index contributed by atoms with van der Waals surface area (Å²) in [6, 6.07) is 4.57. The maximum Gasteiger partial charge on any atom is 0.276 e. The number of hydrogen-bond donors (Lipinski definition) is 2. The molecule has 0 aliphatic carbocycles. The van der Waals surface area contributed by atoms with Crippen molar-refractivity contribution in [2.45, 2.75) is 6.54 Å². The quantitative estimate of drug-likeness (QED) is 0.641. The molecule has 2 aromatic rings. The molecule has 0 bridgehead atoms. The number of anilines is 2. The number of nitrogens with one attached hydrogen (secondary N) is 1. The molecule has 0 radical (unpaired) electrons. The van der Waals surface area contributed by atoms with Gasteiger partial charge in [-0.15, -0.1) is 0 Å². The van der Waals surface area contributed by atoms with E-state index in [0.717, 1.165) is 5.56 Å². The Morgan fingerprint density at radius 2 is 2.35 bits per heavy atom.